The first-order chi connectivity index (χ1) is 14.2. The molecule has 30 heavy (non-hydrogen) atoms. The highest BCUT2D eigenvalue weighted by Crippen LogP contribution is 2.32. The number of rotatable bonds is 7. The van der Waals surface area contributed by atoms with Crippen LogP contribution < -0.4 is 15.5 Å². The Balaban J connectivity index is 1.90. The maximum absolute atomic E-state index is 13.5. The van der Waals surface area contributed by atoms with Crippen LogP contribution in [0.4, 0.5) is 5.69 Å². The number of hydrogen-bond acceptors (Lipinski definition) is 5. The molecule has 1 heterocycles. The van der Waals surface area contributed by atoms with Gasteiger partial charge in [-0.2, -0.15) is 0 Å². The summed E-state index contributed by atoms with van der Waals surface area (Å²) in [7, 11) is 0. The Kier molecular flexibility index (Phi) is 7.42. The SMILES string of the molecule is CCOC(=O)CNC1N[C@](C)(Cc2ccc(Br)cc2)C(=O)N1c1cc(Cl)cc(Cl)c1. The van der Waals surface area contributed by atoms with Crippen molar-refractivity contribution < 1.29 is 14.3 Å². The number of benzene rings is 2. The molecule has 0 aromatic heterocycles. The zero-order valence-corrected chi connectivity index (χ0v) is 19.6. The Hall–Kier alpha value is -1.64. The molecular formula is C21H22BrCl2N3O3. The van der Waals surface area contributed by atoms with Gasteiger partial charge in [-0.15, -0.1) is 0 Å². The van der Waals surface area contributed by atoms with E-state index in [0.29, 0.717) is 22.2 Å². The number of nitrogens with one attached hydrogen (secondary N) is 2. The van der Waals surface area contributed by atoms with Gasteiger partial charge in [0.15, 0.2) is 0 Å². The molecule has 2 aromatic carbocycles. The van der Waals surface area contributed by atoms with Gasteiger partial charge in [-0.1, -0.05) is 51.3 Å². The molecule has 1 unspecified atom stereocenters. The van der Waals surface area contributed by atoms with Crippen LogP contribution in [0.3, 0.4) is 0 Å². The summed E-state index contributed by atoms with van der Waals surface area (Å²) in [4.78, 5) is 26.9. The minimum Gasteiger partial charge on any atom is -0.465 e. The van der Waals surface area contributed by atoms with Gasteiger partial charge in [0.05, 0.1) is 13.2 Å². The fraction of sp³-hybridized carbons (Fsp3) is 0.333. The van der Waals surface area contributed by atoms with E-state index in [1.165, 1.54) is 4.90 Å². The molecule has 9 heteroatoms. The summed E-state index contributed by atoms with van der Waals surface area (Å²) in [5, 5.41) is 7.21. The Morgan fingerprint density at radius 2 is 1.87 bits per heavy atom. The maximum atomic E-state index is 13.5. The van der Waals surface area contributed by atoms with E-state index in [-0.39, 0.29) is 19.1 Å². The summed E-state index contributed by atoms with van der Waals surface area (Å²) in [6.45, 7) is 3.80. The second-order valence-electron chi connectivity index (χ2n) is 7.17. The van der Waals surface area contributed by atoms with Gasteiger partial charge in [0, 0.05) is 20.2 Å². The predicted molar refractivity (Wildman–Crippen MR) is 122 cm³/mol. The van der Waals surface area contributed by atoms with Crippen LogP contribution in [0, 0.1) is 0 Å². The van der Waals surface area contributed by atoms with Crippen LogP contribution in [0.1, 0.15) is 19.4 Å². The van der Waals surface area contributed by atoms with Gasteiger partial charge in [0.25, 0.3) is 0 Å². The summed E-state index contributed by atoms with van der Waals surface area (Å²) < 4.78 is 5.95. The highest BCUT2D eigenvalue weighted by Gasteiger charge is 2.48. The van der Waals surface area contributed by atoms with Crippen molar-refractivity contribution in [1.29, 1.82) is 0 Å². The van der Waals surface area contributed by atoms with Gasteiger partial charge >= 0.3 is 5.97 Å². The van der Waals surface area contributed by atoms with Gasteiger partial charge in [-0.25, -0.2) is 0 Å². The summed E-state index contributed by atoms with van der Waals surface area (Å²) in [5.74, 6) is -0.567. The number of carbonyl (C=O) groups excluding carboxylic acids is 2. The molecule has 0 bridgehead atoms. The van der Waals surface area contributed by atoms with Crippen molar-refractivity contribution in [3.63, 3.8) is 0 Å². The van der Waals surface area contributed by atoms with E-state index in [9.17, 15) is 9.59 Å². The average molecular weight is 515 g/mol. The summed E-state index contributed by atoms with van der Waals surface area (Å²) in [5.41, 5.74) is 0.622. The third kappa shape index (κ3) is 5.34. The van der Waals surface area contributed by atoms with Crippen molar-refractivity contribution in [2.45, 2.75) is 32.1 Å². The Labute approximate surface area is 194 Å². The number of hydrogen-bond donors (Lipinski definition) is 2. The number of anilines is 1. The number of carbonyl (C=O) groups is 2. The van der Waals surface area contributed by atoms with E-state index < -0.39 is 17.8 Å². The van der Waals surface area contributed by atoms with Crippen LogP contribution in [-0.2, 0) is 20.7 Å². The molecule has 0 spiro atoms. The Morgan fingerprint density at radius 1 is 1.23 bits per heavy atom. The Morgan fingerprint density at radius 3 is 2.47 bits per heavy atom. The number of amides is 1. The van der Waals surface area contributed by atoms with E-state index in [0.717, 1.165) is 10.0 Å². The summed E-state index contributed by atoms with van der Waals surface area (Å²) in [6, 6.07) is 12.7. The summed E-state index contributed by atoms with van der Waals surface area (Å²) >= 11 is 15.8. The van der Waals surface area contributed by atoms with Crippen LogP contribution in [0.25, 0.3) is 0 Å². The molecule has 6 nitrogen and oxygen atoms in total. The molecule has 2 aromatic rings. The quantitative estimate of drug-likeness (QED) is 0.543. The van der Waals surface area contributed by atoms with Crippen LogP contribution in [0.15, 0.2) is 46.9 Å². The third-order valence-corrected chi connectivity index (χ3v) is 5.71. The zero-order chi connectivity index (χ0) is 21.9. The molecule has 0 saturated carbocycles. The van der Waals surface area contributed by atoms with Gasteiger partial charge in [-0.3, -0.25) is 25.1 Å². The smallest absolute Gasteiger partial charge is 0.320 e. The molecule has 0 radical (unpaired) electrons. The first kappa shape index (κ1) is 23.0. The van der Waals surface area contributed by atoms with Crippen molar-refractivity contribution in [1.82, 2.24) is 10.6 Å². The van der Waals surface area contributed by atoms with Gasteiger partial charge in [-0.05, 0) is 56.2 Å². The first-order valence-corrected chi connectivity index (χ1v) is 11.0. The van der Waals surface area contributed by atoms with Crippen LogP contribution >= 0.6 is 39.1 Å². The van der Waals surface area contributed by atoms with Crippen LogP contribution in [0.2, 0.25) is 10.0 Å². The molecule has 2 N–H and O–H groups in total. The van der Waals surface area contributed by atoms with E-state index in [2.05, 4.69) is 26.6 Å². The van der Waals surface area contributed by atoms with Crippen molar-refractivity contribution in [3.05, 3.63) is 62.5 Å². The molecule has 0 aliphatic carbocycles. The highest BCUT2D eigenvalue weighted by atomic mass is 79.9. The first-order valence-electron chi connectivity index (χ1n) is 9.43. The molecule has 1 fully saturated rings. The predicted octanol–water partition coefficient (Wildman–Crippen LogP) is 4.13. The number of ether oxygens (including phenoxy) is 1. The molecule has 2 atom stereocenters. The lowest BCUT2D eigenvalue weighted by molar-refractivity contribution is -0.142. The second-order valence-corrected chi connectivity index (χ2v) is 8.96. The molecule has 1 amide bonds. The van der Waals surface area contributed by atoms with Crippen molar-refractivity contribution in [2.24, 2.45) is 0 Å². The fourth-order valence-corrected chi connectivity index (χ4v) is 4.21. The Bertz CT molecular complexity index is 921. The third-order valence-electron chi connectivity index (χ3n) is 4.75. The van der Waals surface area contributed by atoms with Crippen molar-refractivity contribution in [3.8, 4) is 0 Å². The number of esters is 1. The largest absolute Gasteiger partial charge is 0.465 e. The molecule has 1 aliphatic heterocycles. The van der Waals surface area contributed by atoms with Crippen molar-refractivity contribution in [2.75, 3.05) is 18.1 Å². The second kappa shape index (κ2) is 9.66. The molecule has 1 saturated heterocycles. The minimum absolute atomic E-state index is 0.0576. The highest BCUT2D eigenvalue weighted by molar-refractivity contribution is 9.10. The lowest BCUT2D eigenvalue weighted by Gasteiger charge is -2.25. The standard InChI is InChI=1S/C21H22BrCl2N3O3/c1-3-30-18(28)12-25-20-26-21(2,11-13-4-6-14(22)7-5-13)19(29)27(20)17-9-15(23)8-16(24)10-17/h4-10,20,25-26H,3,11-12H2,1-2H3/t20?,21-/m1/s1. The normalized spacial score (nSPS) is 21.2. The monoisotopic (exact) mass is 513 g/mol. The molecule has 3 rings (SSSR count). The van der Waals surface area contributed by atoms with E-state index in [1.54, 1.807) is 25.1 Å². The maximum Gasteiger partial charge on any atom is 0.320 e. The van der Waals surface area contributed by atoms with E-state index >= 15 is 0 Å². The van der Waals surface area contributed by atoms with Crippen molar-refractivity contribution >= 4 is 56.7 Å². The number of halogens is 3. The zero-order valence-electron chi connectivity index (χ0n) is 16.5. The van der Waals surface area contributed by atoms with Gasteiger partial charge in [0.2, 0.25) is 5.91 Å². The lowest BCUT2D eigenvalue weighted by atomic mass is 9.93. The molecular weight excluding hydrogens is 493 g/mol. The number of nitrogens with zero attached hydrogens (tertiary/aromatic N) is 1. The van der Waals surface area contributed by atoms with Crippen LogP contribution in [0.5, 0.6) is 0 Å². The lowest BCUT2D eigenvalue weighted by Crippen LogP contribution is -2.52. The summed E-state index contributed by atoms with van der Waals surface area (Å²) in [6.07, 6.45) is -0.182. The van der Waals surface area contributed by atoms with E-state index in [4.69, 9.17) is 27.9 Å². The molecule has 1 aliphatic rings. The average Bonchev–Trinajstić information content (AvgIpc) is 2.92. The van der Waals surface area contributed by atoms with Crippen LogP contribution in [-0.4, -0.2) is 36.9 Å². The van der Waals surface area contributed by atoms with E-state index in [1.807, 2.05) is 31.2 Å². The fourth-order valence-electron chi connectivity index (χ4n) is 3.43. The van der Waals surface area contributed by atoms with Gasteiger partial charge in [0.1, 0.15) is 11.8 Å². The van der Waals surface area contributed by atoms with Gasteiger partial charge < -0.3 is 4.74 Å². The minimum atomic E-state index is -0.908. The molecule has 160 valence electrons. The topological polar surface area (TPSA) is 70.7 Å².